The average molecular weight is 361 g/mol. The Morgan fingerprint density at radius 1 is 0.905 bits per heavy atom. The van der Waals surface area contributed by atoms with Gasteiger partial charge in [-0.1, -0.05) is 48.0 Å². The van der Waals surface area contributed by atoms with E-state index in [4.69, 9.17) is 16.3 Å². The molecule has 0 saturated heterocycles. The Bertz CT molecular complexity index is 762. The van der Waals surface area contributed by atoms with Gasteiger partial charge >= 0.3 is 0 Å². The zero-order chi connectivity index (χ0) is 14.7. The van der Waals surface area contributed by atoms with Crippen LogP contribution in [0.15, 0.2) is 71.5 Å². The van der Waals surface area contributed by atoms with E-state index in [0.29, 0.717) is 16.5 Å². The molecule has 3 aromatic rings. The molecule has 0 N–H and O–H groups in total. The number of ether oxygens (including phenoxy) is 1. The minimum absolute atomic E-state index is 0.570. The van der Waals surface area contributed by atoms with Gasteiger partial charge in [0.2, 0.25) is 0 Å². The molecular weight excluding hydrogens is 350 g/mol. The van der Waals surface area contributed by atoms with Crippen LogP contribution in [0.5, 0.6) is 11.5 Å². The van der Waals surface area contributed by atoms with Gasteiger partial charge in [0.05, 0.1) is 9.50 Å². The highest BCUT2D eigenvalue weighted by Crippen LogP contribution is 2.35. The van der Waals surface area contributed by atoms with Gasteiger partial charge in [-0.3, -0.25) is 4.98 Å². The normalized spacial score (nSPS) is 10.4. The summed E-state index contributed by atoms with van der Waals surface area (Å²) in [6.07, 6.45) is 3.36. The van der Waals surface area contributed by atoms with Gasteiger partial charge in [0.15, 0.2) is 0 Å². The van der Waals surface area contributed by atoms with Crippen molar-refractivity contribution in [1.82, 2.24) is 4.98 Å². The van der Waals surface area contributed by atoms with Crippen LogP contribution in [0.1, 0.15) is 0 Å². The summed E-state index contributed by atoms with van der Waals surface area (Å²) in [5, 5.41) is 0.570. The molecule has 0 unspecified atom stereocenters. The third kappa shape index (κ3) is 3.26. The molecule has 0 radical (unpaired) electrons. The van der Waals surface area contributed by atoms with E-state index in [-0.39, 0.29) is 0 Å². The molecule has 104 valence electrons. The number of rotatable bonds is 3. The number of halogens is 2. The van der Waals surface area contributed by atoms with Gasteiger partial charge in [-0.05, 0) is 39.2 Å². The van der Waals surface area contributed by atoms with Crippen LogP contribution in [0, 0.1) is 0 Å². The number of pyridine rings is 1. The van der Waals surface area contributed by atoms with Crippen molar-refractivity contribution < 1.29 is 4.74 Å². The summed E-state index contributed by atoms with van der Waals surface area (Å²) in [6.45, 7) is 0. The van der Waals surface area contributed by atoms with Crippen molar-refractivity contribution in [3.8, 4) is 22.6 Å². The Labute approximate surface area is 136 Å². The Hall–Kier alpha value is -1.84. The molecule has 1 aromatic heterocycles. The second kappa shape index (κ2) is 6.29. The zero-order valence-corrected chi connectivity index (χ0v) is 13.3. The lowest BCUT2D eigenvalue weighted by atomic mass is 10.1. The summed E-state index contributed by atoms with van der Waals surface area (Å²) in [5.41, 5.74) is 2.18. The predicted octanol–water partition coefficient (Wildman–Crippen LogP) is 5.96. The van der Waals surface area contributed by atoms with E-state index in [1.807, 2.05) is 48.5 Å². The second-order valence-electron chi connectivity index (χ2n) is 4.42. The molecule has 0 bridgehead atoms. The maximum Gasteiger partial charge on any atom is 0.146 e. The molecule has 3 rings (SSSR count). The van der Waals surface area contributed by atoms with Gasteiger partial charge in [0.25, 0.3) is 0 Å². The highest BCUT2D eigenvalue weighted by molar-refractivity contribution is 9.10. The quantitative estimate of drug-likeness (QED) is 0.575. The largest absolute Gasteiger partial charge is 0.454 e. The molecule has 0 atom stereocenters. The first-order chi connectivity index (χ1) is 10.2. The summed E-state index contributed by atoms with van der Waals surface area (Å²) in [7, 11) is 0. The maximum atomic E-state index is 6.33. The van der Waals surface area contributed by atoms with Crippen molar-refractivity contribution in [2.75, 3.05) is 0 Å². The van der Waals surface area contributed by atoms with E-state index in [1.54, 1.807) is 18.5 Å². The number of nitrogens with zero attached hydrogens (tertiary/aromatic N) is 1. The van der Waals surface area contributed by atoms with Gasteiger partial charge < -0.3 is 4.74 Å². The van der Waals surface area contributed by atoms with Crippen molar-refractivity contribution in [3.63, 3.8) is 0 Å². The van der Waals surface area contributed by atoms with E-state index in [1.165, 1.54) is 0 Å². The molecule has 4 heteroatoms. The molecule has 0 amide bonds. The molecule has 21 heavy (non-hydrogen) atoms. The third-order valence-corrected chi connectivity index (χ3v) is 3.89. The van der Waals surface area contributed by atoms with Crippen molar-refractivity contribution in [3.05, 3.63) is 76.5 Å². The zero-order valence-electron chi connectivity index (χ0n) is 11.0. The molecule has 1 heterocycles. The Kier molecular flexibility index (Phi) is 4.23. The first-order valence-corrected chi connectivity index (χ1v) is 7.53. The van der Waals surface area contributed by atoms with Gasteiger partial charge in [0, 0.05) is 18.5 Å². The first kappa shape index (κ1) is 14.1. The number of hydrogen-bond acceptors (Lipinski definition) is 2. The van der Waals surface area contributed by atoms with E-state index in [9.17, 15) is 0 Å². The van der Waals surface area contributed by atoms with Gasteiger partial charge in [-0.15, -0.1) is 0 Å². The highest BCUT2D eigenvalue weighted by Gasteiger charge is 2.08. The molecule has 0 saturated carbocycles. The number of aromatic nitrogens is 1. The summed E-state index contributed by atoms with van der Waals surface area (Å²) in [5.74, 6) is 1.29. The summed E-state index contributed by atoms with van der Waals surface area (Å²) in [6, 6.07) is 17.6. The van der Waals surface area contributed by atoms with E-state index in [0.717, 1.165) is 15.6 Å². The van der Waals surface area contributed by atoms with Gasteiger partial charge in [-0.2, -0.15) is 0 Å². The van der Waals surface area contributed by atoms with Crippen LogP contribution in [0.25, 0.3) is 11.1 Å². The predicted molar refractivity (Wildman–Crippen MR) is 88.9 cm³/mol. The maximum absolute atomic E-state index is 6.33. The number of benzene rings is 2. The van der Waals surface area contributed by atoms with Crippen LogP contribution in [0.2, 0.25) is 5.02 Å². The summed E-state index contributed by atoms with van der Waals surface area (Å²) in [4.78, 5) is 4.00. The molecule has 0 aliphatic carbocycles. The monoisotopic (exact) mass is 359 g/mol. The van der Waals surface area contributed by atoms with Gasteiger partial charge in [-0.25, -0.2) is 0 Å². The van der Waals surface area contributed by atoms with Crippen molar-refractivity contribution in [1.29, 1.82) is 0 Å². The molecule has 0 spiro atoms. The van der Waals surface area contributed by atoms with Crippen LogP contribution in [-0.2, 0) is 0 Å². The molecule has 2 aromatic carbocycles. The Morgan fingerprint density at radius 3 is 2.43 bits per heavy atom. The van der Waals surface area contributed by atoms with Gasteiger partial charge in [0.1, 0.15) is 11.5 Å². The van der Waals surface area contributed by atoms with E-state index < -0.39 is 0 Å². The molecule has 2 nitrogen and oxygen atoms in total. The summed E-state index contributed by atoms with van der Waals surface area (Å²) < 4.78 is 6.60. The smallest absolute Gasteiger partial charge is 0.146 e. The fourth-order valence-corrected chi connectivity index (χ4v) is 2.51. The Morgan fingerprint density at radius 2 is 1.71 bits per heavy atom. The fourth-order valence-electron chi connectivity index (χ4n) is 1.96. The first-order valence-electron chi connectivity index (χ1n) is 6.36. The SMILES string of the molecule is Clc1cc(-c2ccccc2)ccc1Oc1ccncc1Br. The minimum atomic E-state index is 0.570. The van der Waals surface area contributed by atoms with Crippen molar-refractivity contribution in [2.45, 2.75) is 0 Å². The van der Waals surface area contributed by atoms with Crippen molar-refractivity contribution in [2.24, 2.45) is 0 Å². The van der Waals surface area contributed by atoms with E-state index >= 15 is 0 Å². The fraction of sp³-hybridized carbons (Fsp3) is 0. The molecule has 0 aliphatic heterocycles. The molecular formula is C17H11BrClNO. The van der Waals surface area contributed by atoms with Crippen LogP contribution < -0.4 is 4.74 Å². The average Bonchev–Trinajstić information content (AvgIpc) is 2.52. The number of hydrogen-bond donors (Lipinski definition) is 0. The standard InChI is InChI=1S/C17H11BrClNO/c18-14-11-20-9-8-16(14)21-17-7-6-13(10-15(17)19)12-4-2-1-3-5-12/h1-11H. The third-order valence-electron chi connectivity index (χ3n) is 2.99. The van der Waals surface area contributed by atoms with E-state index in [2.05, 4.69) is 20.9 Å². The van der Waals surface area contributed by atoms with Crippen molar-refractivity contribution >= 4 is 27.5 Å². The molecule has 0 aliphatic rings. The summed E-state index contributed by atoms with van der Waals surface area (Å²) >= 11 is 9.72. The van der Waals surface area contributed by atoms with Crippen LogP contribution in [-0.4, -0.2) is 4.98 Å². The second-order valence-corrected chi connectivity index (χ2v) is 5.68. The lowest BCUT2D eigenvalue weighted by molar-refractivity contribution is 0.479. The highest BCUT2D eigenvalue weighted by atomic mass is 79.9. The lowest BCUT2D eigenvalue weighted by Crippen LogP contribution is -1.88. The van der Waals surface area contributed by atoms with Crippen LogP contribution >= 0.6 is 27.5 Å². The lowest BCUT2D eigenvalue weighted by Gasteiger charge is -2.10. The molecule has 0 fully saturated rings. The van der Waals surface area contributed by atoms with Crippen LogP contribution in [0.3, 0.4) is 0 Å². The topological polar surface area (TPSA) is 22.1 Å². The van der Waals surface area contributed by atoms with Crippen LogP contribution in [0.4, 0.5) is 0 Å². The minimum Gasteiger partial charge on any atom is -0.454 e. The Balaban J connectivity index is 1.90.